The van der Waals surface area contributed by atoms with Gasteiger partial charge in [0.25, 0.3) is 0 Å². The molecular weight excluding hydrogens is 246 g/mol. The fourth-order valence-electron chi connectivity index (χ4n) is 3.40. The number of ketones is 1. The van der Waals surface area contributed by atoms with E-state index >= 15 is 0 Å². The monoisotopic (exact) mass is 273 g/mol. The summed E-state index contributed by atoms with van der Waals surface area (Å²) in [6.45, 7) is 6.59. The summed E-state index contributed by atoms with van der Waals surface area (Å²) >= 11 is 0. The van der Waals surface area contributed by atoms with Crippen molar-refractivity contribution in [3.05, 3.63) is 35.4 Å². The molecule has 0 heterocycles. The van der Waals surface area contributed by atoms with Gasteiger partial charge >= 0.3 is 0 Å². The summed E-state index contributed by atoms with van der Waals surface area (Å²) in [7, 11) is 0. The fourth-order valence-corrected chi connectivity index (χ4v) is 3.40. The summed E-state index contributed by atoms with van der Waals surface area (Å²) < 4.78 is 0. The van der Waals surface area contributed by atoms with Crippen molar-refractivity contribution in [1.29, 1.82) is 0 Å². The first-order valence-electron chi connectivity index (χ1n) is 7.83. The molecule has 2 heteroatoms. The number of rotatable bonds is 4. The van der Waals surface area contributed by atoms with Crippen LogP contribution in [0, 0.1) is 11.8 Å². The Labute approximate surface area is 122 Å². The van der Waals surface area contributed by atoms with Crippen LogP contribution in [-0.4, -0.2) is 11.3 Å². The molecule has 2 N–H and O–H groups in total. The normalized spacial score (nSPS) is 26.8. The Balaban J connectivity index is 2.20. The van der Waals surface area contributed by atoms with Gasteiger partial charge in [0, 0.05) is 5.56 Å². The molecule has 1 aliphatic carbocycles. The number of carbonyl (C=O) groups excluding carboxylic acids is 1. The molecule has 2 unspecified atom stereocenters. The van der Waals surface area contributed by atoms with Gasteiger partial charge in [-0.1, -0.05) is 51.8 Å². The predicted molar refractivity (Wildman–Crippen MR) is 83.9 cm³/mol. The third kappa shape index (κ3) is 3.49. The van der Waals surface area contributed by atoms with Crippen LogP contribution in [0.5, 0.6) is 0 Å². The minimum atomic E-state index is -0.645. The number of carbonyl (C=O) groups is 1. The van der Waals surface area contributed by atoms with Crippen molar-refractivity contribution in [3.8, 4) is 0 Å². The van der Waals surface area contributed by atoms with Crippen LogP contribution in [0.1, 0.15) is 62.4 Å². The Bertz CT molecular complexity index is 480. The number of hydrogen-bond donors (Lipinski definition) is 1. The molecule has 0 aromatic heterocycles. The highest BCUT2D eigenvalue weighted by Crippen LogP contribution is 2.33. The Hall–Kier alpha value is -1.15. The molecule has 110 valence electrons. The second kappa shape index (κ2) is 6.09. The smallest absolute Gasteiger partial charge is 0.182 e. The zero-order chi connectivity index (χ0) is 14.8. The van der Waals surface area contributed by atoms with Gasteiger partial charge in [0.1, 0.15) is 0 Å². The highest BCUT2D eigenvalue weighted by molar-refractivity contribution is 6.03. The molecule has 1 aliphatic rings. The van der Waals surface area contributed by atoms with E-state index in [1.165, 1.54) is 12.0 Å². The molecule has 2 rings (SSSR count). The first-order valence-corrected chi connectivity index (χ1v) is 7.83. The Morgan fingerprint density at radius 2 is 2.20 bits per heavy atom. The average molecular weight is 273 g/mol. The van der Waals surface area contributed by atoms with E-state index in [0.717, 1.165) is 31.2 Å². The van der Waals surface area contributed by atoms with E-state index < -0.39 is 5.54 Å². The molecule has 1 aromatic rings. The average Bonchev–Trinajstić information content (AvgIpc) is 2.37. The molecular formula is C18H27NO. The molecule has 1 aromatic carbocycles. The minimum absolute atomic E-state index is 0.134. The summed E-state index contributed by atoms with van der Waals surface area (Å²) in [5, 5.41) is 0. The summed E-state index contributed by atoms with van der Waals surface area (Å²) in [6, 6.07) is 8.04. The molecule has 0 amide bonds. The standard InChI is InChI=1S/C18H27NO/c1-13(2)10-15-7-4-8-16(11-15)17(20)18(19)9-5-6-14(3)12-18/h4,7-8,11,13-14H,5-6,9-10,12,19H2,1-3H3. The maximum absolute atomic E-state index is 12.8. The van der Waals surface area contributed by atoms with Crippen molar-refractivity contribution >= 4 is 5.78 Å². The summed E-state index contributed by atoms with van der Waals surface area (Å²) in [6.07, 6.45) is 4.91. The van der Waals surface area contributed by atoms with E-state index in [4.69, 9.17) is 5.73 Å². The molecule has 2 nitrogen and oxygen atoms in total. The second-order valence-corrected chi connectivity index (χ2v) is 6.99. The second-order valence-electron chi connectivity index (χ2n) is 6.99. The van der Waals surface area contributed by atoms with E-state index in [1.54, 1.807) is 0 Å². The first kappa shape index (κ1) is 15.2. The summed E-state index contributed by atoms with van der Waals surface area (Å²) in [5.41, 5.74) is 7.81. The molecule has 0 bridgehead atoms. The van der Waals surface area contributed by atoms with Crippen molar-refractivity contribution in [2.24, 2.45) is 17.6 Å². The van der Waals surface area contributed by atoms with Gasteiger partial charge in [0.2, 0.25) is 0 Å². The van der Waals surface area contributed by atoms with Crippen LogP contribution in [0.4, 0.5) is 0 Å². The van der Waals surface area contributed by atoms with Crippen molar-refractivity contribution in [1.82, 2.24) is 0 Å². The van der Waals surface area contributed by atoms with Crippen molar-refractivity contribution in [2.75, 3.05) is 0 Å². The first-order chi connectivity index (χ1) is 9.40. The Morgan fingerprint density at radius 1 is 1.45 bits per heavy atom. The molecule has 20 heavy (non-hydrogen) atoms. The SMILES string of the molecule is CC(C)Cc1cccc(C(=O)C2(N)CCCC(C)C2)c1. The highest BCUT2D eigenvalue weighted by Gasteiger charge is 2.38. The Kier molecular flexibility index (Phi) is 4.64. The number of benzene rings is 1. The molecule has 2 atom stereocenters. The molecule has 1 saturated carbocycles. The highest BCUT2D eigenvalue weighted by atomic mass is 16.1. The van der Waals surface area contributed by atoms with Crippen molar-refractivity contribution < 1.29 is 4.79 Å². The van der Waals surface area contributed by atoms with Crippen LogP contribution >= 0.6 is 0 Å². The van der Waals surface area contributed by atoms with Gasteiger partial charge in [-0.25, -0.2) is 0 Å². The zero-order valence-corrected chi connectivity index (χ0v) is 13.0. The van der Waals surface area contributed by atoms with Gasteiger partial charge in [-0.15, -0.1) is 0 Å². The van der Waals surface area contributed by atoms with Crippen LogP contribution in [0.25, 0.3) is 0 Å². The van der Waals surface area contributed by atoms with Crippen LogP contribution in [0.15, 0.2) is 24.3 Å². The van der Waals surface area contributed by atoms with Gasteiger partial charge in [0.05, 0.1) is 5.54 Å². The largest absolute Gasteiger partial charge is 0.319 e. The zero-order valence-electron chi connectivity index (χ0n) is 13.0. The van der Waals surface area contributed by atoms with Gasteiger partial charge in [-0.05, 0) is 42.7 Å². The Morgan fingerprint density at radius 3 is 2.85 bits per heavy atom. The third-order valence-corrected chi connectivity index (χ3v) is 4.32. The van der Waals surface area contributed by atoms with E-state index in [1.807, 2.05) is 18.2 Å². The molecule has 0 aliphatic heterocycles. The molecule has 1 fully saturated rings. The van der Waals surface area contributed by atoms with Gasteiger partial charge in [0.15, 0.2) is 5.78 Å². The van der Waals surface area contributed by atoms with E-state index in [2.05, 4.69) is 26.8 Å². The van der Waals surface area contributed by atoms with Gasteiger partial charge in [-0.2, -0.15) is 0 Å². The van der Waals surface area contributed by atoms with E-state index in [9.17, 15) is 4.79 Å². The van der Waals surface area contributed by atoms with Crippen molar-refractivity contribution in [2.45, 2.75) is 58.4 Å². The lowest BCUT2D eigenvalue weighted by Crippen LogP contribution is -2.51. The van der Waals surface area contributed by atoms with Crippen LogP contribution < -0.4 is 5.73 Å². The van der Waals surface area contributed by atoms with Crippen LogP contribution in [0.3, 0.4) is 0 Å². The maximum atomic E-state index is 12.8. The number of Topliss-reactive ketones (excluding diaryl/α,β-unsaturated/α-hetero) is 1. The van der Waals surface area contributed by atoms with Crippen LogP contribution in [0.2, 0.25) is 0 Å². The van der Waals surface area contributed by atoms with Gasteiger partial charge in [-0.3, -0.25) is 4.79 Å². The molecule has 0 radical (unpaired) electrons. The summed E-state index contributed by atoms with van der Waals surface area (Å²) in [5.74, 6) is 1.29. The third-order valence-electron chi connectivity index (χ3n) is 4.32. The minimum Gasteiger partial charge on any atom is -0.319 e. The quantitative estimate of drug-likeness (QED) is 0.843. The topological polar surface area (TPSA) is 43.1 Å². The lowest BCUT2D eigenvalue weighted by molar-refractivity contribution is 0.0819. The van der Waals surface area contributed by atoms with Gasteiger partial charge < -0.3 is 5.73 Å². The summed E-state index contributed by atoms with van der Waals surface area (Å²) in [4.78, 5) is 12.8. The molecule has 0 saturated heterocycles. The fraction of sp³-hybridized carbons (Fsp3) is 0.611. The van der Waals surface area contributed by atoms with Crippen LogP contribution in [-0.2, 0) is 6.42 Å². The van der Waals surface area contributed by atoms with Crippen molar-refractivity contribution in [3.63, 3.8) is 0 Å². The predicted octanol–water partition coefficient (Wildman–Crippen LogP) is 3.98. The maximum Gasteiger partial charge on any atom is 0.182 e. The van der Waals surface area contributed by atoms with E-state index in [-0.39, 0.29) is 5.78 Å². The molecule has 0 spiro atoms. The lowest BCUT2D eigenvalue weighted by atomic mass is 9.73. The van der Waals surface area contributed by atoms with E-state index in [0.29, 0.717) is 11.8 Å². The number of hydrogen-bond acceptors (Lipinski definition) is 2. The number of nitrogens with two attached hydrogens (primary N) is 1. The lowest BCUT2D eigenvalue weighted by Gasteiger charge is -2.35.